The number of benzene rings is 1. The number of para-hydroxylation sites is 1. The smallest absolute Gasteiger partial charge is 0.314 e. The number of nitrogens with one attached hydrogen (secondary N) is 3. The Bertz CT molecular complexity index is 659. The highest BCUT2D eigenvalue weighted by Crippen LogP contribution is 2.27. The zero-order valence-electron chi connectivity index (χ0n) is 13.4. The number of carbonyl (C=O) groups excluding carboxylic acids is 1. The van der Waals surface area contributed by atoms with Crippen molar-refractivity contribution in [2.45, 2.75) is 44.1 Å². The van der Waals surface area contributed by atoms with E-state index in [1.54, 1.807) is 0 Å². The van der Waals surface area contributed by atoms with E-state index >= 15 is 0 Å². The van der Waals surface area contributed by atoms with Crippen LogP contribution in [0.4, 0.5) is 4.79 Å². The van der Waals surface area contributed by atoms with Gasteiger partial charge in [-0.05, 0) is 30.9 Å². The number of hydrogen-bond donors (Lipinski definition) is 4. The van der Waals surface area contributed by atoms with Gasteiger partial charge in [0, 0.05) is 30.2 Å². The van der Waals surface area contributed by atoms with Crippen LogP contribution in [0, 0.1) is 0 Å². The third-order valence-electron chi connectivity index (χ3n) is 4.72. The minimum absolute atomic E-state index is 0.205. The Morgan fingerprint density at radius 3 is 2.78 bits per heavy atom. The molecule has 5 heteroatoms. The summed E-state index contributed by atoms with van der Waals surface area (Å²) in [5.41, 5.74) is 1.60. The molecule has 0 radical (unpaired) electrons. The number of rotatable bonds is 5. The summed E-state index contributed by atoms with van der Waals surface area (Å²) in [5.74, 6) is 0. The molecule has 1 fully saturated rings. The van der Waals surface area contributed by atoms with E-state index in [4.69, 9.17) is 0 Å². The van der Waals surface area contributed by atoms with Crippen LogP contribution in [0.5, 0.6) is 0 Å². The molecule has 2 amide bonds. The minimum Gasteiger partial charge on any atom is -0.388 e. The van der Waals surface area contributed by atoms with Gasteiger partial charge in [-0.2, -0.15) is 0 Å². The van der Waals surface area contributed by atoms with Gasteiger partial charge in [0.2, 0.25) is 0 Å². The molecule has 23 heavy (non-hydrogen) atoms. The number of fused-ring (bicyclic) bond motifs is 1. The molecule has 1 aliphatic carbocycles. The lowest BCUT2D eigenvalue weighted by Crippen LogP contribution is -2.47. The second-order valence-corrected chi connectivity index (χ2v) is 6.50. The van der Waals surface area contributed by atoms with Crippen molar-refractivity contribution in [2.24, 2.45) is 0 Å². The fourth-order valence-electron chi connectivity index (χ4n) is 3.34. The molecule has 0 bridgehead atoms. The van der Waals surface area contributed by atoms with Crippen molar-refractivity contribution in [1.29, 1.82) is 0 Å². The van der Waals surface area contributed by atoms with E-state index in [-0.39, 0.29) is 6.03 Å². The summed E-state index contributed by atoms with van der Waals surface area (Å²) < 4.78 is 0. The first kappa shape index (κ1) is 15.9. The maximum absolute atomic E-state index is 11.9. The van der Waals surface area contributed by atoms with Gasteiger partial charge in [-0.25, -0.2) is 4.79 Å². The number of carbonyl (C=O) groups is 1. The van der Waals surface area contributed by atoms with Gasteiger partial charge in [-0.15, -0.1) is 0 Å². The van der Waals surface area contributed by atoms with Crippen LogP contribution in [0.2, 0.25) is 0 Å². The maximum Gasteiger partial charge on any atom is 0.314 e. The van der Waals surface area contributed by atoms with Crippen LogP contribution < -0.4 is 10.6 Å². The summed E-state index contributed by atoms with van der Waals surface area (Å²) in [5, 5.41) is 17.2. The van der Waals surface area contributed by atoms with Gasteiger partial charge in [0.05, 0.1) is 5.60 Å². The van der Waals surface area contributed by atoms with Gasteiger partial charge in [-0.3, -0.25) is 0 Å². The fraction of sp³-hybridized carbons (Fsp3) is 0.500. The molecule has 2 aromatic rings. The maximum atomic E-state index is 11.9. The largest absolute Gasteiger partial charge is 0.388 e. The van der Waals surface area contributed by atoms with Gasteiger partial charge in [-0.1, -0.05) is 37.5 Å². The molecule has 1 aliphatic rings. The predicted molar refractivity (Wildman–Crippen MR) is 91.4 cm³/mol. The third kappa shape index (κ3) is 4.05. The molecule has 3 rings (SSSR count). The van der Waals surface area contributed by atoms with Crippen LogP contribution in [-0.4, -0.2) is 34.8 Å². The monoisotopic (exact) mass is 315 g/mol. The van der Waals surface area contributed by atoms with Crippen LogP contribution in [0.3, 0.4) is 0 Å². The quantitative estimate of drug-likeness (QED) is 0.684. The molecule has 0 saturated heterocycles. The zero-order chi connectivity index (χ0) is 16.1. The average Bonchev–Trinajstić information content (AvgIpc) is 2.97. The van der Waals surface area contributed by atoms with E-state index < -0.39 is 5.60 Å². The molecular formula is C18H25N3O2. The second kappa shape index (κ2) is 7.04. The summed E-state index contributed by atoms with van der Waals surface area (Å²) in [6.45, 7) is 0.915. The van der Waals surface area contributed by atoms with Gasteiger partial charge in [0.15, 0.2) is 0 Å². The summed E-state index contributed by atoms with van der Waals surface area (Å²) in [6.07, 6.45) is 7.60. The number of aromatic nitrogens is 1. The Morgan fingerprint density at radius 2 is 1.96 bits per heavy atom. The third-order valence-corrected chi connectivity index (χ3v) is 4.72. The summed E-state index contributed by atoms with van der Waals surface area (Å²) in [6, 6.07) is 7.95. The molecule has 0 aliphatic heterocycles. The first-order chi connectivity index (χ1) is 11.2. The van der Waals surface area contributed by atoms with Gasteiger partial charge < -0.3 is 20.7 Å². The van der Waals surface area contributed by atoms with Crippen molar-refractivity contribution in [3.05, 3.63) is 36.0 Å². The van der Waals surface area contributed by atoms with Crippen LogP contribution in [-0.2, 0) is 6.42 Å². The minimum atomic E-state index is -0.716. The Hall–Kier alpha value is -2.01. The van der Waals surface area contributed by atoms with Crippen molar-refractivity contribution in [2.75, 3.05) is 13.1 Å². The Balaban J connectivity index is 1.42. The lowest BCUT2D eigenvalue weighted by Gasteiger charge is -2.32. The molecule has 1 aromatic heterocycles. The molecule has 4 N–H and O–H groups in total. The van der Waals surface area contributed by atoms with Gasteiger partial charge >= 0.3 is 6.03 Å². The SMILES string of the molecule is O=C(NCCc1c[nH]c2ccccc12)NCC1(O)CCCCC1. The first-order valence-corrected chi connectivity index (χ1v) is 8.45. The van der Waals surface area contributed by atoms with Crippen LogP contribution in [0.25, 0.3) is 10.9 Å². The molecular weight excluding hydrogens is 290 g/mol. The molecule has 0 atom stereocenters. The lowest BCUT2D eigenvalue weighted by molar-refractivity contribution is 0.00720. The van der Waals surface area contributed by atoms with Crippen LogP contribution in [0.1, 0.15) is 37.7 Å². The second-order valence-electron chi connectivity index (χ2n) is 6.50. The van der Waals surface area contributed by atoms with Gasteiger partial charge in [0.1, 0.15) is 0 Å². The van der Waals surface area contributed by atoms with E-state index in [1.807, 2.05) is 24.4 Å². The van der Waals surface area contributed by atoms with E-state index in [2.05, 4.69) is 21.7 Å². The highest BCUT2D eigenvalue weighted by atomic mass is 16.3. The van der Waals surface area contributed by atoms with Crippen molar-refractivity contribution >= 4 is 16.9 Å². The molecule has 5 nitrogen and oxygen atoms in total. The van der Waals surface area contributed by atoms with E-state index in [0.29, 0.717) is 13.1 Å². The molecule has 1 heterocycles. The summed E-state index contributed by atoms with van der Waals surface area (Å²) in [4.78, 5) is 15.1. The number of aromatic amines is 1. The summed E-state index contributed by atoms with van der Waals surface area (Å²) in [7, 11) is 0. The van der Waals surface area contributed by atoms with Crippen LogP contribution >= 0.6 is 0 Å². The topological polar surface area (TPSA) is 77.2 Å². The number of urea groups is 1. The lowest BCUT2D eigenvalue weighted by atomic mass is 9.85. The average molecular weight is 315 g/mol. The molecule has 0 spiro atoms. The standard InChI is InChI=1S/C18H25N3O2/c22-17(21-13-18(23)9-4-1-5-10-18)19-11-8-14-12-20-16-7-3-2-6-15(14)16/h2-3,6-7,12,20,23H,1,4-5,8-11,13H2,(H2,19,21,22). The highest BCUT2D eigenvalue weighted by molar-refractivity contribution is 5.83. The Kier molecular flexibility index (Phi) is 4.86. The van der Waals surface area contributed by atoms with Crippen molar-refractivity contribution in [1.82, 2.24) is 15.6 Å². The van der Waals surface area contributed by atoms with Crippen molar-refractivity contribution in [3.63, 3.8) is 0 Å². The zero-order valence-corrected chi connectivity index (χ0v) is 13.4. The highest BCUT2D eigenvalue weighted by Gasteiger charge is 2.29. The van der Waals surface area contributed by atoms with Gasteiger partial charge in [0.25, 0.3) is 0 Å². The molecule has 124 valence electrons. The summed E-state index contributed by atoms with van der Waals surface area (Å²) >= 11 is 0. The van der Waals surface area contributed by atoms with E-state index in [9.17, 15) is 9.90 Å². The number of amides is 2. The number of aliphatic hydroxyl groups is 1. The Morgan fingerprint density at radius 1 is 1.17 bits per heavy atom. The normalized spacial score (nSPS) is 17.1. The van der Waals surface area contributed by atoms with Crippen molar-refractivity contribution in [3.8, 4) is 0 Å². The number of H-pyrrole nitrogens is 1. The molecule has 1 aromatic carbocycles. The van der Waals surface area contributed by atoms with E-state index in [0.717, 1.165) is 37.6 Å². The molecule has 0 unspecified atom stereocenters. The van der Waals surface area contributed by atoms with Crippen LogP contribution in [0.15, 0.2) is 30.5 Å². The molecule has 1 saturated carbocycles. The Labute approximate surface area is 136 Å². The van der Waals surface area contributed by atoms with E-state index in [1.165, 1.54) is 17.4 Å². The first-order valence-electron chi connectivity index (χ1n) is 8.45. The fourth-order valence-corrected chi connectivity index (χ4v) is 3.34. The predicted octanol–water partition coefficient (Wildman–Crippen LogP) is 2.70. The van der Waals surface area contributed by atoms with Crippen molar-refractivity contribution < 1.29 is 9.90 Å². The number of hydrogen-bond acceptors (Lipinski definition) is 2.